The Bertz CT molecular complexity index is 168. The van der Waals surface area contributed by atoms with E-state index in [0.717, 1.165) is 23.6 Å². The van der Waals surface area contributed by atoms with Gasteiger partial charge in [0.2, 0.25) is 0 Å². The molecule has 0 saturated carbocycles. The first-order chi connectivity index (χ1) is 4.38. The summed E-state index contributed by atoms with van der Waals surface area (Å²) in [4.78, 5) is 0.664. The van der Waals surface area contributed by atoms with Gasteiger partial charge in [0.15, 0.2) is 0 Å². The highest BCUT2D eigenvalue weighted by Crippen LogP contribution is 2.11. The summed E-state index contributed by atoms with van der Waals surface area (Å²) in [5.74, 6) is 0. The van der Waals surface area contributed by atoms with Crippen molar-refractivity contribution in [2.45, 2.75) is 20.0 Å². The second-order valence-corrected chi connectivity index (χ2v) is 2.47. The third-order valence-electron chi connectivity index (χ3n) is 1.09. The summed E-state index contributed by atoms with van der Waals surface area (Å²) >= 11 is 1.14. The maximum atomic E-state index is 11.9. The number of hydrogen-bond donors (Lipinski definition) is 0. The second kappa shape index (κ2) is 2.87. The molecule has 0 N–H and O–H groups in total. The fraction of sp³-hybridized carbons (Fsp3) is 0.600. The zero-order valence-electron chi connectivity index (χ0n) is 5.09. The van der Waals surface area contributed by atoms with Crippen LogP contribution in [0.1, 0.15) is 17.5 Å². The maximum absolute atomic E-state index is 11.9. The Labute approximate surface area is 56.9 Å². The van der Waals surface area contributed by atoms with E-state index < -0.39 is 6.67 Å². The number of nitrogens with zero attached hydrogens (tertiary/aromatic N) is 2. The number of rotatable bonds is 2. The average Bonchev–Trinajstić information content (AvgIpc) is 2.33. The van der Waals surface area contributed by atoms with E-state index in [2.05, 4.69) is 9.59 Å². The lowest BCUT2D eigenvalue weighted by atomic mass is 10.3. The summed E-state index contributed by atoms with van der Waals surface area (Å²) in [5, 5.41) is 3.73. The third-order valence-corrected chi connectivity index (χ3v) is 1.82. The van der Waals surface area contributed by atoms with Crippen molar-refractivity contribution in [1.29, 1.82) is 0 Å². The van der Waals surface area contributed by atoms with Crippen LogP contribution in [0.2, 0.25) is 0 Å². The van der Waals surface area contributed by atoms with E-state index in [1.807, 2.05) is 6.92 Å². The van der Waals surface area contributed by atoms with Gasteiger partial charge < -0.3 is 0 Å². The topological polar surface area (TPSA) is 25.8 Å². The normalized spacial score (nSPS) is 10.0. The van der Waals surface area contributed by atoms with Gasteiger partial charge in [0, 0.05) is 0 Å². The van der Waals surface area contributed by atoms with Crippen LogP contribution in [0.5, 0.6) is 0 Å². The summed E-state index contributed by atoms with van der Waals surface area (Å²) in [6, 6.07) is 0. The highest BCUT2D eigenvalue weighted by molar-refractivity contribution is 7.05. The van der Waals surface area contributed by atoms with Gasteiger partial charge in [0.25, 0.3) is 0 Å². The van der Waals surface area contributed by atoms with Crippen molar-refractivity contribution in [1.82, 2.24) is 9.59 Å². The van der Waals surface area contributed by atoms with Gasteiger partial charge in [-0.2, -0.15) is 0 Å². The van der Waals surface area contributed by atoms with Gasteiger partial charge in [-0.15, -0.1) is 5.10 Å². The van der Waals surface area contributed by atoms with Crippen LogP contribution in [0.25, 0.3) is 0 Å². The molecule has 0 aromatic carbocycles. The van der Waals surface area contributed by atoms with Crippen LogP contribution < -0.4 is 0 Å². The monoisotopic (exact) mass is 146 g/mol. The van der Waals surface area contributed by atoms with Crippen LogP contribution in [0.3, 0.4) is 0 Å². The Kier molecular flexibility index (Phi) is 2.10. The minimum atomic E-state index is -0.430. The smallest absolute Gasteiger partial charge is 0.127 e. The van der Waals surface area contributed by atoms with Crippen LogP contribution in [0.4, 0.5) is 4.39 Å². The molecule has 0 aliphatic carbocycles. The van der Waals surface area contributed by atoms with E-state index >= 15 is 0 Å². The van der Waals surface area contributed by atoms with Gasteiger partial charge in [0.1, 0.15) is 6.67 Å². The van der Waals surface area contributed by atoms with Crippen LogP contribution in [0.15, 0.2) is 0 Å². The first-order valence-electron chi connectivity index (χ1n) is 2.74. The molecule has 0 bridgehead atoms. The molecule has 1 aromatic rings. The molecule has 0 fully saturated rings. The minimum Gasteiger partial charge on any atom is -0.245 e. The van der Waals surface area contributed by atoms with Crippen LogP contribution in [0, 0.1) is 0 Å². The van der Waals surface area contributed by atoms with Crippen LogP contribution >= 0.6 is 11.5 Å². The SMILES string of the molecule is CCc1nnsc1CF. The maximum Gasteiger partial charge on any atom is 0.127 e. The van der Waals surface area contributed by atoms with E-state index in [0.29, 0.717) is 4.88 Å². The van der Waals surface area contributed by atoms with Crippen molar-refractivity contribution in [3.05, 3.63) is 10.6 Å². The molecule has 0 spiro atoms. The van der Waals surface area contributed by atoms with Gasteiger partial charge >= 0.3 is 0 Å². The molecule has 1 heterocycles. The Morgan fingerprint density at radius 1 is 1.67 bits per heavy atom. The number of aromatic nitrogens is 2. The second-order valence-electron chi connectivity index (χ2n) is 1.63. The van der Waals surface area contributed by atoms with E-state index in [1.165, 1.54) is 0 Å². The Hall–Kier alpha value is -0.510. The third kappa shape index (κ3) is 1.24. The van der Waals surface area contributed by atoms with Crippen molar-refractivity contribution in [2.24, 2.45) is 0 Å². The van der Waals surface area contributed by atoms with Crippen molar-refractivity contribution >= 4 is 11.5 Å². The highest BCUT2D eigenvalue weighted by Gasteiger charge is 2.02. The lowest BCUT2D eigenvalue weighted by Gasteiger charge is -1.86. The molecule has 0 aliphatic heterocycles. The largest absolute Gasteiger partial charge is 0.245 e. The molecule has 0 radical (unpaired) electrons. The zero-order valence-corrected chi connectivity index (χ0v) is 5.91. The number of aryl methyl sites for hydroxylation is 1. The molecule has 9 heavy (non-hydrogen) atoms. The molecule has 0 unspecified atom stereocenters. The summed E-state index contributed by atoms with van der Waals surface area (Å²) in [5.41, 5.74) is 0.794. The lowest BCUT2D eigenvalue weighted by molar-refractivity contribution is 0.488. The van der Waals surface area contributed by atoms with E-state index in [4.69, 9.17) is 0 Å². The fourth-order valence-corrected chi connectivity index (χ4v) is 1.17. The van der Waals surface area contributed by atoms with Gasteiger partial charge in [-0.25, -0.2) is 4.39 Å². The predicted molar refractivity (Wildman–Crippen MR) is 34.1 cm³/mol. The lowest BCUT2D eigenvalue weighted by Crippen LogP contribution is -1.84. The van der Waals surface area contributed by atoms with Gasteiger partial charge in [-0.1, -0.05) is 11.4 Å². The zero-order chi connectivity index (χ0) is 6.69. The highest BCUT2D eigenvalue weighted by atomic mass is 32.1. The molecule has 0 saturated heterocycles. The quantitative estimate of drug-likeness (QED) is 0.633. The molecule has 2 nitrogen and oxygen atoms in total. The van der Waals surface area contributed by atoms with Crippen molar-refractivity contribution in [3.63, 3.8) is 0 Å². The number of halogens is 1. The molecule has 1 aromatic heterocycles. The van der Waals surface area contributed by atoms with E-state index in [9.17, 15) is 4.39 Å². The van der Waals surface area contributed by atoms with Gasteiger partial charge in [-0.05, 0) is 18.0 Å². The van der Waals surface area contributed by atoms with Gasteiger partial charge in [-0.3, -0.25) is 0 Å². The van der Waals surface area contributed by atoms with E-state index in [-0.39, 0.29) is 0 Å². The summed E-state index contributed by atoms with van der Waals surface area (Å²) in [7, 11) is 0. The minimum absolute atomic E-state index is 0.430. The Balaban J connectivity index is 2.85. The first kappa shape index (κ1) is 6.61. The fourth-order valence-electron chi connectivity index (χ4n) is 0.597. The summed E-state index contributed by atoms with van der Waals surface area (Å²) < 4.78 is 15.6. The summed E-state index contributed by atoms with van der Waals surface area (Å²) in [6.45, 7) is 1.51. The molecular weight excluding hydrogens is 139 g/mol. The van der Waals surface area contributed by atoms with E-state index in [1.54, 1.807) is 0 Å². The average molecular weight is 146 g/mol. The number of hydrogen-bond acceptors (Lipinski definition) is 3. The summed E-state index contributed by atoms with van der Waals surface area (Å²) in [6.07, 6.45) is 0.774. The first-order valence-corrected chi connectivity index (χ1v) is 3.52. The molecule has 1 rings (SSSR count). The molecule has 50 valence electrons. The molecule has 0 atom stereocenters. The molecule has 0 aliphatic rings. The molecule has 4 heteroatoms. The van der Waals surface area contributed by atoms with Crippen molar-refractivity contribution in [3.8, 4) is 0 Å². The molecule has 0 amide bonds. The van der Waals surface area contributed by atoms with Crippen molar-refractivity contribution < 1.29 is 4.39 Å². The molecular formula is C5H7FN2S. The van der Waals surface area contributed by atoms with Crippen LogP contribution in [-0.4, -0.2) is 9.59 Å². The van der Waals surface area contributed by atoms with Crippen molar-refractivity contribution in [2.75, 3.05) is 0 Å². The number of alkyl halides is 1. The Morgan fingerprint density at radius 2 is 2.44 bits per heavy atom. The Morgan fingerprint density at radius 3 is 2.89 bits per heavy atom. The standard InChI is InChI=1S/C5H7FN2S/c1-2-4-5(3-6)9-8-7-4/h2-3H2,1H3. The van der Waals surface area contributed by atoms with Gasteiger partial charge in [0.05, 0.1) is 10.6 Å². The van der Waals surface area contributed by atoms with Crippen LogP contribution in [-0.2, 0) is 13.1 Å². The predicted octanol–water partition coefficient (Wildman–Crippen LogP) is 1.57.